The molecule has 0 bridgehead atoms. The Bertz CT molecular complexity index is 426. The van der Waals surface area contributed by atoms with E-state index >= 15 is 0 Å². The first-order valence-corrected chi connectivity index (χ1v) is 4.39. The molecular weight excluding hydrogens is 204 g/mol. The van der Waals surface area contributed by atoms with Gasteiger partial charge in [-0.05, 0) is 11.6 Å². The highest BCUT2D eigenvalue weighted by atomic mass is 35.5. The quantitative estimate of drug-likeness (QED) is 0.831. The molecule has 1 heterocycles. The first-order valence-electron chi connectivity index (χ1n) is 4.02. The molecule has 0 atom stereocenters. The normalized spacial score (nSPS) is 10.5. The van der Waals surface area contributed by atoms with Gasteiger partial charge in [0.25, 0.3) is 0 Å². The average molecular weight is 213 g/mol. The monoisotopic (exact) mass is 212 g/mol. The zero-order valence-corrected chi connectivity index (χ0v) is 8.55. The van der Waals surface area contributed by atoms with Crippen molar-refractivity contribution in [3.8, 4) is 11.5 Å². The van der Waals surface area contributed by atoms with E-state index in [2.05, 4.69) is 9.97 Å². The predicted octanol–water partition coefficient (Wildman–Crippen LogP) is 2.23. The summed E-state index contributed by atoms with van der Waals surface area (Å²) in [6, 6.07) is 3.57. The zero-order valence-electron chi connectivity index (χ0n) is 7.80. The molecule has 0 saturated carbocycles. The maximum atomic E-state index is 5.73. The maximum absolute atomic E-state index is 5.73. The predicted molar refractivity (Wildman–Crippen MR) is 54.2 cm³/mol. The molecule has 0 aliphatic carbocycles. The van der Waals surface area contributed by atoms with Gasteiger partial charge in [-0.25, -0.2) is 4.98 Å². The first kappa shape index (κ1) is 9.15. The number of nitrogens with zero attached hydrogens (tertiary/aromatic N) is 1. The summed E-state index contributed by atoms with van der Waals surface area (Å²) >= 11 is 5.73. The fraction of sp³-hybridized carbons (Fsp3) is 0.222. The number of benzene rings is 1. The largest absolute Gasteiger partial charge is 0.493 e. The minimum Gasteiger partial charge on any atom is -0.493 e. The number of halogens is 1. The Labute approximate surface area is 85.8 Å². The van der Waals surface area contributed by atoms with Crippen LogP contribution in [0.25, 0.3) is 11.0 Å². The molecule has 1 N–H and O–H groups in total. The third-order valence-corrected chi connectivity index (χ3v) is 2.14. The van der Waals surface area contributed by atoms with Crippen molar-refractivity contribution in [2.75, 3.05) is 14.2 Å². The lowest BCUT2D eigenvalue weighted by Crippen LogP contribution is -1.89. The van der Waals surface area contributed by atoms with Crippen molar-refractivity contribution in [1.82, 2.24) is 9.97 Å². The Morgan fingerprint density at radius 3 is 2.50 bits per heavy atom. The second kappa shape index (κ2) is 3.38. The van der Waals surface area contributed by atoms with Crippen molar-refractivity contribution >= 4 is 22.6 Å². The van der Waals surface area contributed by atoms with Crippen LogP contribution in [0.5, 0.6) is 11.5 Å². The van der Waals surface area contributed by atoms with Crippen LogP contribution < -0.4 is 9.47 Å². The number of imidazole rings is 1. The number of ether oxygens (including phenoxy) is 2. The van der Waals surface area contributed by atoms with Crippen molar-refractivity contribution in [2.24, 2.45) is 0 Å². The summed E-state index contributed by atoms with van der Waals surface area (Å²) in [4.78, 5) is 6.97. The van der Waals surface area contributed by atoms with Gasteiger partial charge >= 0.3 is 0 Å². The van der Waals surface area contributed by atoms with Gasteiger partial charge in [-0.3, -0.25) is 0 Å². The van der Waals surface area contributed by atoms with Crippen LogP contribution in [0.2, 0.25) is 5.28 Å². The molecule has 5 heteroatoms. The molecule has 0 aliphatic rings. The average Bonchev–Trinajstić information content (AvgIpc) is 2.54. The van der Waals surface area contributed by atoms with Crippen molar-refractivity contribution in [3.05, 3.63) is 17.4 Å². The van der Waals surface area contributed by atoms with Gasteiger partial charge in [-0.2, -0.15) is 0 Å². The third kappa shape index (κ3) is 1.37. The van der Waals surface area contributed by atoms with Crippen LogP contribution in [0.4, 0.5) is 0 Å². The van der Waals surface area contributed by atoms with Crippen LogP contribution in [-0.2, 0) is 0 Å². The topological polar surface area (TPSA) is 47.1 Å². The molecule has 0 fully saturated rings. The molecule has 0 radical (unpaired) electrons. The summed E-state index contributed by atoms with van der Waals surface area (Å²) in [6.45, 7) is 0. The highest BCUT2D eigenvalue weighted by Gasteiger charge is 2.08. The van der Waals surface area contributed by atoms with Gasteiger partial charge in [0.1, 0.15) is 0 Å². The molecule has 74 valence electrons. The highest BCUT2D eigenvalue weighted by molar-refractivity contribution is 6.29. The van der Waals surface area contributed by atoms with E-state index in [1.807, 2.05) is 0 Å². The molecule has 0 spiro atoms. The van der Waals surface area contributed by atoms with Gasteiger partial charge < -0.3 is 14.5 Å². The number of hydrogen-bond donors (Lipinski definition) is 1. The van der Waals surface area contributed by atoms with E-state index in [1.54, 1.807) is 26.4 Å². The van der Waals surface area contributed by atoms with Gasteiger partial charge in [0.05, 0.1) is 25.3 Å². The summed E-state index contributed by atoms with van der Waals surface area (Å²) in [5.41, 5.74) is 1.58. The van der Waals surface area contributed by atoms with Gasteiger partial charge in [0, 0.05) is 12.1 Å². The minimum atomic E-state index is 0.357. The minimum absolute atomic E-state index is 0.357. The lowest BCUT2D eigenvalue weighted by atomic mass is 10.3. The summed E-state index contributed by atoms with van der Waals surface area (Å²) in [7, 11) is 3.17. The second-order valence-corrected chi connectivity index (χ2v) is 3.11. The smallest absolute Gasteiger partial charge is 0.201 e. The van der Waals surface area contributed by atoms with Crippen LogP contribution >= 0.6 is 11.6 Å². The van der Waals surface area contributed by atoms with E-state index in [0.717, 1.165) is 11.0 Å². The Morgan fingerprint density at radius 1 is 1.21 bits per heavy atom. The number of H-pyrrole nitrogens is 1. The zero-order chi connectivity index (χ0) is 10.1. The Morgan fingerprint density at radius 2 is 1.86 bits per heavy atom. The third-order valence-electron chi connectivity index (χ3n) is 1.96. The Balaban J connectivity index is 2.68. The van der Waals surface area contributed by atoms with Gasteiger partial charge in [-0.15, -0.1) is 0 Å². The highest BCUT2D eigenvalue weighted by Crippen LogP contribution is 2.31. The maximum Gasteiger partial charge on any atom is 0.201 e. The standard InChI is InChI=1S/C9H9ClN2O2/c1-13-7-3-5-6(4-8(7)14-2)12-9(10)11-5/h3-4H,1-2H3,(H,11,12). The molecule has 0 unspecified atom stereocenters. The van der Waals surface area contributed by atoms with E-state index < -0.39 is 0 Å². The van der Waals surface area contributed by atoms with E-state index in [9.17, 15) is 0 Å². The van der Waals surface area contributed by atoms with E-state index in [4.69, 9.17) is 21.1 Å². The molecule has 2 rings (SSSR count). The molecule has 0 saturated heterocycles. The van der Waals surface area contributed by atoms with Crippen LogP contribution in [0.1, 0.15) is 0 Å². The molecule has 1 aromatic heterocycles. The Kier molecular flexibility index (Phi) is 2.21. The van der Waals surface area contributed by atoms with E-state index in [1.165, 1.54) is 0 Å². The molecule has 0 amide bonds. The van der Waals surface area contributed by atoms with Crippen LogP contribution in [0.15, 0.2) is 12.1 Å². The van der Waals surface area contributed by atoms with E-state index in [-0.39, 0.29) is 0 Å². The molecule has 4 nitrogen and oxygen atoms in total. The SMILES string of the molecule is COc1cc2nc(Cl)[nH]c2cc1OC. The van der Waals surface area contributed by atoms with Gasteiger partial charge in [0.15, 0.2) is 11.5 Å². The number of hydrogen-bond acceptors (Lipinski definition) is 3. The summed E-state index contributed by atoms with van der Waals surface area (Å²) in [5.74, 6) is 1.29. The van der Waals surface area contributed by atoms with Gasteiger partial charge in [0.2, 0.25) is 5.28 Å². The fourth-order valence-corrected chi connectivity index (χ4v) is 1.50. The Hall–Kier alpha value is -1.42. The lowest BCUT2D eigenvalue weighted by molar-refractivity contribution is 0.356. The molecule has 2 aromatic rings. The summed E-state index contributed by atoms with van der Waals surface area (Å²) in [6.07, 6.45) is 0. The number of aromatic amines is 1. The summed E-state index contributed by atoms with van der Waals surface area (Å²) in [5, 5.41) is 0.357. The van der Waals surface area contributed by atoms with Crippen LogP contribution in [-0.4, -0.2) is 24.2 Å². The second-order valence-electron chi connectivity index (χ2n) is 2.75. The number of fused-ring (bicyclic) bond motifs is 1. The van der Waals surface area contributed by atoms with Crippen LogP contribution in [0, 0.1) is 0 Å². The van der Waals surface area contributed by atoms with Crippen molar-refractivity contribution in [2.45, 2.75) is 0 Å². The molecule has 14 heavy (non-hydrogen) atoms. The summed E-state index contributed by atoms with van der Waals surface area (Å²) < 4.78 is 10.3. The molecular formula is C9H9ClN2O2. The molecule has 0 aliphatic heterocycles. The van der Waals surface area contributed by atoms with Crippen LogP contribution in [0.3, 0.4) is 0 Å². The first-order chi connectivity index (χ1) is 6.74. The van der Waals surface area contributed by atoms with Crippen molar-refractivity contribution in [3.63, 3.8) is 0 Å². The number of methoxy groups -OCH3 is 2. The van der Waals surface area contributed by atoms with E-state index in [0.29, 0.717) is 16.8 Å². The molecule has 1 aromatic carbocycles. The number of aromatic nitrogens is 2. The lowest BCUT2D eigenvalue weighted by Gasteiger charge is -2.06. The van der Waals surface area contributed by atoms with Crippen molar-refractivity contribution in [1.29, 1.82) is 0 Å². The fourth-order valence-electron chi connectivity index (χ4n) is 1.31. The van der Waals surface area contributed by atoms with Crippen molar-refractivity contribution < 1.29 is 9.47 Å². The van der Waals surface area contributed by atoms with Gasteiger partial charge in [-0.1, -0.05) is 0 Å². The number of rotatable bonds is 2. The number of nitrogens with one attached hydrogen (secondary N) is 1.